The van der Waals surface area contributed by atoms with E-state index < -0.39 is 23.8 Å². The molecule has 158 valence electrons. The Labute approximate surface area is 172 Å². The minimum absolute atomic E-state index is 0.172. The van der Waals surface area contributed by atoms with Crippen LogP contribution >= 0.6 is 0 Å². The number of nitrogens with one attached hydrogen (secondary N) is 3. The van der Waals surface area contributed by atoms with E-state index in [0.29, 0.717) is 28.7 Å². The summed E-state index contributed by atoms with van der Waals surface area (Å²) in [5, 5.41) is 2.67. The number of carbonyl (C=O) groups is 3. The highest BCUT2D eigenvalue weighted by Crippen LogP contribution is 2.38. The maximum Gasteiger partial charge on any atom is 0.269 e. The number of benzene rings is 2. The first-order valence-corrected chi connectivity index (χ1v) is 8.92. The van der Waals surface area contributed by atoms with Gasteiger partial charge in [-0.1, -0.05) is 12.1 Å². The Kier molecular flexibility index (Phi) is 6.26. The fraction of sp³-hybridized carbons (Fsp3) is 0.250. The molecular weight excluding hydrogens is 394 g/mol. The molecule has 0 radical (unpaired) electrons. The molecule has 0 aliphatic carbocycles. The summed E-state index contributed by atoms with van der Waals surface area (Å²) in [6.07, 6.45) is -1.30. The number of amides is 3. The Hall–Kier alpha value is -3.95. The average molecular weight is 415 g/mol. The number of methoxy groups -OCH3 is 3. The number of ether oxygens (including phenoxy) is 4. The highest BCUT2D eigenvalue weighted by molar-refractivity contribution is 6.00. The third-order valence-electron chi connectivity index (χ3n) is 4.32. The van der Waals surface area contributed by atoms with Crippen LogP contribution in [0, 0.1) is 0 Å². The van der Waals surface area contributed by atoms with Crippen molar-refractivity contribution in [2.24, 2.45) is 0 Å². The van der Waals surface area contributed by atoms with Crippen LogP contribution in [0.3, 0.4) is 0 Å². The largest absolute Gasteiger partial charge is 0.493 e. The van der Waals surface area contributed by atoms with Gasteiger partial charge in [0.2, 0.25) is 11.7 Å². The number of hydrogen-bond acceptors (Lipinski definition) is 7. The predicted molar refractivity (Wildman–Crippen MR) is 106 cm³/mol. The van der Waals surface area contributed by atoms with Crippen molar-refractivity contribution < 1.29 is 33.3 Å². The zero-order valence-electron chi connectivity index (χ0n) is 16.6. The summed E-state index contributed by atoms with van der Waals surface area (Å²) in [5.74, 6) is -0.270. The quantitative estimate of drug-likeness (QED) is 0.607. The molecule has 3 N–H and O–H groups in total. The van der Waals surface area contributed by atoms with Crippen molar-refractivity contribution in [3.63, 3.8) is 0 Å². The predicted octanol–water partition coefficient (Wildman–Crippen LogP) is 1.26. The molecule has 0 spiro atoms. The van der Waals surface area contributed by atoms with Gasteiger partial charge in [0, 0.05) is 5.56 Å². The first kappa shape index (κ1) is 20.8. The van der Waals surface area contributed by atoms with E-state index in [4.69, 9.17) is 18.9 Å². The van der Waals surface area contributed by atoms with Crippen LogP contribution in [0.2, 0.25) is 0 Å². The van der Waals surface area contributed by atoms with Gasteiger partial charge >= 0.3 is 0 Å². The lowest BCUT2D eigenvalue weighted by Crippen LogP contribution is -2.46. The molecular formula is C20H21N3O7. The Morgan fingerprint density at radius 3 is 2.33 bits per heavy atom. The average Bonchev–Trinajstić information content (AvgIpc) is 2.76. The van der Waals surface area contributed by atoms with Crippen LogP contribution in [-0.2, 0) is 9.59 Å². The van der Waals surface area contributed by atoms with Crippen molar-refractivity contribution in [3.8, 4) is 23.0 Å². The molecule has 10 nitrogen and oxygen atoms in total. The number of hydrazine groups is 1. The Morgan fingerprint density at radius 1 is 1.03 bits per heavy atom. The van der Waals surface area contributed by atoms with Crippen LogP contribution in [0.5, 0.6) is 23.0 Å². The van der Waals surface area contributed by atoms with Crippen molar-refractivity contribution in [2.45, 2.75) is 12.5 Å². The molecule has 3 rings (SSSR count). The fourth-order valence-electron chi connectivity index (χ4n) is 2.86. The van der Waals surface area contributed by atoms with Crippen LogP contribution in [0.1, 0.15) is 16.8 Å². The van der Waals surface area contributed by atoms with Gasteiger partial charge in [-0.05, 0) is 24.3 Å². The molecule has 0 aromatic heterocycles. The van der Waals surface area contributed by atoms with Gasteiger partial charge in [-0.15, -0.1) is 0 Å². The minimum Gasteiger partial charge on any atom is -0.493 e. The Bertz CT molecular complexity index is 952. The zero-order valence-corrected chi connectivity index (χ0v) is 16.6. The van der Waals surface area contributed by atoms with Crippen LogP contribution in [0.25, 0.3) is 0 Å². The van der Waals surface area contributed by atoms with Crippen molar-refractivity contribution in [1.29, 1.82) is 0 Å². The van der Waals surface area contributed by atoms with Gasteiger partial charge in [-0.25, -0.2) is 0 Å². The summed E-state index contributed by atoms with van der Waals surface area (Å²) >= 11 is 0. The van der Waals surface area contributed by atoms with Gasteiger partial charge in [-0.3, -0.25) is 25.2 Å². The molecule has 2 aromatic carbocycles. The van der Waals surface area contributed by atoms with Crippen molar-refractivity contribution in [2.75, 3.05) is 26.6 Å². The maximum absolute atomic E-state index is 12.4. The van der Waals surface area contributed by atoms with Gasteiger partial charge in [0.1, 0.15) is 5.75 Å². The van der Waals surface area contributed by atoms with E-state index in [9.17, 15) is 14.4 Å². The normalized spacial score (nSPS) is 14.5. The number of anilines is 1. The van der Waals surface area contributed by atoms with E-state index >= 15 is 0 Å². The second kappa shape index (κ2) is 9.03. The Balaban J connectivity index is 1.61. The summed E-state index contributed by atoms with van der Waals surface area (Å²) in [5.41, 5.74) is 5.26. The minimum atomic E-state index is -1.02. The van der Waals surface area contributed by atoms with Crippen LogP contribution in [0.4, 0.5) is 5.69 Å². The fourth-order valence-corrected chi connectivity index (χ4v) is 2.86. The molecule has 10 heteroatoms. The molecule has 30 heavy (non-hydrogen) atoms. The van der Waals surface area contributed by atoms with Gasteiger partial charge in [-0.2, -0.15) is 0 Å². The van der Waals surface area contributed by atoms with E-state index in [1.807, 2.05) is 0 Å². The monoisotopic (exact) mass is 415 g/mol. The SMILES string of the molecule is COc1cc(C(=O)NNC(=O)C[C@@H]2Oc3ccccc3NC2=O)cc(OC)c1OC. The van der Waals surface area contributed by atoms with Gasteiger partial charge in [0.15, 0.2) is 17.6 Å². The van der Waals surface area contributed by atoms with Crippen molar-refractivity contribution >= 4 is 23.4 Å². The van der Waals surface area contributed by atoms with Crippen LogP contribution < -0.4 is 35.1 Å². The second-order valence-corrected chi connectivity index (χ2v) is 6.21. The summed E-state index contributed by atoms with van der Waals surface area (Å²) in [4.78, 5) is 36.7. The molecule has 0 bridgehead atoms. The number of para-hydroxylation sites is 2. The first-order valence-electron chi connectivity index (χ1n) is 8.92. The number of carbonyl (C=O) groups excluding carboxylic acids is 3. The lowest BCUT2D eigenvalue weighted by molar-refractivity contribution is -0.130. The van der Waals surface area contributed by atoms with Crippen molar-refractivity contribution in [1.82, 2.24) is 10.9 Å². The van der Waals surface area contributed by atoms with E-state index in [1.165, 1.54) is 33.5 Å². The molecule has 0 saturated carbocycles. The molecule has 0 saturated heterocycles. The molecule has 1 heterocycles. The zero-order chi connectivity index (χ0) is 21.7. The third kappa shape index (κ3) is 4.37. The summed E-state index contributed by atoms with van der Waals surface area (Å²) in [6.45, 7) is 0. The summed E-state index contributed by atoms with van der Waals surface area (Å²) < 4.78 is 21.2. The standard InChI is InChI=1S/C20H21N3O7/c1-27-14-8-11(9-15(28-2)18(14)29-3)19(25)23-22-17(24)10-16-20(26)21-12-6-4-5-7-13(12)30-16/h4-9,16H,10H2,1-3H3,(H,21,26)(H,22,24)(H,23,25)/t16-/m0/s1. The van der Waals surface area contributed by atoms with E-state index in [-0.39, 0.29) is 12.0 Å². The third-order valence-corrected chi connectivity index (χ3v) is 4.32. The molecule has 0 unspecified atom stereocenters. The number of fused-ring (bicyclic) bond motifs is 1. The molecule has 1 aliphatic rings. The first-order chi connectivity index (χ1) is 14.5. The van der Waals surface area contributed by atoms with E-state index in [0.717, 1.165) is 0 Å². The lowest BCUT2D eigenvalue weighted by Gasteiger charge is -2.25. The molecule has 2 aromatic rings. The number of hydrogen-bond donors (Lipinski definition) is 3. The molecule has 3 amide bonds. The smallest absolute Gasteiger partial charge is 0.269 e. The topological polar surface area (TPSA) is 124 Å². The van der Waals surface area contributed by atoms with Gasteiger partial charge in [0.05, 0.1) is 33.4 Å². The summed E-state index contributed by atoms with van der Waals surface area (Å²) in [7, 11) is 4.30. The van der Waals surface area contributed by atoms with Crippen LogP contribution in [-0.4, -0.2) is 45.2 Å². The lowest BCUT2D eigenvalue weighted by atomic mass is 10.1. The number of rotatable bonds is 6. The molecule has 1 aliphatic heterocycles. The highest BCUT2D eigenvalue weighted by atomic mass is 16.5. The van der Waals surface area contributed by atoms with Gasteiger partial charge in [0.25, 0.3) is 11.8 Å². The highest BCUT2D eigenvalue weighted by Gasteiger charge is 2.29. The van der Waals surface area contributed by atoms with E-state index in [2.05, 4.69) is 16.2 Å². The Morgan fingerprint density at radius 2 is 1.70 bits per heavy atom. The van der Waals surface area contributed by atoms with Crippen molar-refractivity contribution in [3.05, 3.63) is 42.0 Å². The molecule has 0 fully saturated rings. The van der Waals surface area contributed by atoms with Gasteiger partial charge < -0.3 is 24.3 Å². The van der Waals surface area contributed by atoms with Crippen LogP contribution in [0.15, 0.2) is 36.4 Å². The molecule has 1 atom stereocenters. The maximum atomic E-state index is 12.4. The second-order valence-electron chi connectivity index (χ2n) is 6.21. The summed E-state index contributed by atoms with van der Waals surface area (Å²) in [6, 6.07) is 9.78. The van der Waals surface area contributed by atoms with E-state index in [1.54, 1.807) is 24.3 Å².